The fraction of sp³-hybridized carbons (Fsp3) is 0.560. The normalized spacial score (nSPS) is 24.5. The molecule has 1 aliphatic heterocycles. The monoisotopic (exact) mass is 523 g/mol. The summed E-state index contributed by atoms with van der Waals surface area (Å²) in [5.41, 5.74) is 2.97. The van der Waals surface area contributed by atoms with E-state index < -0.39 is 27.3 Å². The standard InChI is InChI=1S/C25H34F5NO3S/c1-5-7-18(35(26,27,28,29)30)8-6-9-20(32)23-16(2)22-19(14-25(3,4)15-21(22)33)31-24(23)17-10-12-34-13-11-17/h5-8,17,20-21,32-33H,1,9-15H2,2-4H3/b8-6-,18-7+. The van der Waals surface area contributed by atoms with E-state index in [0.717, 1.165) is 11.8 Å². The van der Waals surface area contributed by atoms with Crippen LogP contribution in [0.2, 0.25) is 0 Å². The summed E-state index contributed by atoms with van der Waals surface area (Å²) < 4.78 is 72.0. The molecular formula is C25H34F5NO3S. The van der Waals surface area contributed by atoms with E-state index in [1.165, 1.54) is 0 Å². The minimum Gasteiger partial charge on any atom is -0.388 e. The summed E-state index contributed by atoms with van der Waals surface area (Å²) in [4.78, 5) is 2.81. The zero-order valence-electron chi connectivity index (χ0n) is 20.2. The molecule has 2 atom stereocenters. The predicted octanol–water partition coefficient (Wildman–Crippen LogP) is 7.64. The van der Waals surface area contributed by atoms with Crippen LogP contribution in [0.25, 0.3) is 0 Å². The second-order valence-electron chi connectivity index (χ2n) is 10.3. The van der Waals surface area contributed by atoms with Crippen LogP contribution in [0, 0.1) is 12.3 Å². The van der Waals surface area contributed by atoms with Crippen molar-refractivity contribution in [2.24, 2.45) is 5.41 Å². The topological polar surface area (TPSA) is 62.6 Å². The van der Waals surface area contributed by atoms with E-state index in [2.05, 4.69) is 6.58 Å². The van der Waals surface area contributed by atoms with Crippen molar-refractivity contribution in [3.8, 4) is 0 Å². The van der Waals surface area contributed by atoms with Crippen LogP contribution in [-0.2, 0) is 11.2 Å². The average Bonchev–Trinajstić information content (AvgIpc) is 2.70. The number of pyridine rings is 1. The maximum atomic E-state index is 13.3. The molecule has 0 radical (unpaired) electrons. The summed E-state index contributed by atoms with van der Waals surface area (Å²) in [6.07, 6.45) is 2.14. The summed E-state index contributed by atoms with van der Waals surface area (Å²) in [7, 11) is -9.91. The molecule has 1 aromatic heterocycles. The molecule has 2 aliphatic rings. The molecule has 198 valence electrons. The number of ether oxygens (including phenoxy) is 1. The molecule has 0 saturated carbocycles. The average molecular weight is 524 g/mol. The molecule has 10 heteroatoms. The van der Waals surface area contributed by atoms with Crippen LogP contribution < -0.4 is 0 Å². The molecule has 1 saturated heterocycles. The number of allylic oxidation sites excluding steroid dienone is 3. The molecule has 2 heterocycles. The summed E-state index contributed by atoms with van der Waals surface area (Å²) in [6, 6.07) is 0. The van der Waals surface area contributed by atoms with Gasteiger partial charge in [-0.2, -0.15) is 0 Å². The number of fused-ring (bicyclic) bond motifs is 1. The first-order valence-corrected chi connectivity index (χ1v) is 13.6. The molecule has 0 spiro atoms. The molecule has 1 aromatic rings. The van der Waals surface area contributed by atoms with Gasteiger partial charge < -0.3 is 14.9 Å². The quantitative estimate of drug-likeness (QED) is 0.285. The van der Waals surface area contributed by atoms with Gasteiger partial charge in [-0.05, 0) is 62.2 Å². The lowest BCUT2D eigenvalue weighted by atomic mass is 9.72. The van der Waals surface area contributed by atoms with Crippen molar-refractivity contribution in [3.63, 3.8) is 0 Å². The third kappa shape index (κ3) is 6.53. The number of aromatic nitrogens is 1. The van der Waals surface area contributed by atoms with Gasteiger partial charge in [0.1, 0.15) is 4.91 Å². The lowest BCUT2D eigenvalue weighted by molar-refractivity contribution is 0.0817. The van der Waals surface area contributed by atoms with Crippen molar-refractivity contribution < 1.29 is 34.4 Å². The maximum Gasteiger partial charge on any atom is 0.310 e. The Morgan fingerprint density at radius 3 is 2.43 bits per heavy atom. The Morgan fingerprint density at radius 1 is 1.23 bits per heavy atom. The van der Waals surface area contributed by atoms with E-state index >= 15 is 0 Å². The van der Waals surface area contributed by atoms with Gasteiger partial charge in [0.2, 0.25) is 0 Å². The van der Waals surface area contributed by atoms with E-state index in [9.17, 15) is 29.6 Å². The minimum atomic E-state index is -9.91. The first-order chi connectivity index (χ1) is 15.9. The Morgan fingerprint density at radius 2 is 1.86 bits per heavy atom. The Bertz CT molecular complexity index is 1040. The van der Waals surface area contributed by atoms with Gasteiger partial charge in [0.15, 0.2) is 0 Å². The Labute approximate surface area is 203 Å². The van der Waals surface area contributed by atoms with Crippen LogP contribution in [0.5, 0.6) is 0 Å². The molecular weight excluding hydrogens is 489 g/mol. The predicted molar refractivity (Wildman–Crippen MR) is 129 cm³/mol. The van der Waals surface area contributed by atoms with Gasteiger partial charge in [0, 0.05) is 36.0 Å². The van der Waals surface area contributed by atoms with Crippen molar-refractivity contribution in [3.05, 3.63) is 63.9 Å². The smallest absolute Gasteiger partial charge is 0.310 e. The van der Waals surface area contributed by atoms with Gasteiger partial charge in [-0.15, -0.1) is 0 Å². The van der Waals surface area contributed by atoms with Crippen molar-refractivity contribution in [2.45, 2.75) is 71.0 Å². The van der Waals surface area contributed by atoms with E-state index in [4.69, 9.17) is 9.72 Å². The second-order valence-corrected chi connectivity index (χ2v) is 12.7. The second kappa shape index (κ2) is 8.97. The summed E-state index contributed by atoms with van der Waals surface area (Å²) in [5, 5.41) is 21.9. The number of rotatable bonds is 7. The third-order valence-corrected chi connectivity index (χ3v) is 7.85. The fourth-order valence-corrected chi connectivity index (χ4v) is 5.82. The molecule has 2 unspecified atom stereocenters. The van der Waals surface area contributed by atoms with Crippen LogP contribution in [-0.4, -0.2) is 28.4 Å². The highest BCUT2D eigenvalue weighted by Gasteiger charge is 2.66. The lowest BCUT2D eigenvalue weighted by Gasteiger charge is -2.41. The molecule has 1 fully saturated rings. The zero-order valence-corrected chi connectivity index (χ0v) is 21.1. The summed E-state index contributed by atoms with van der Waals surface area (Å²) in [6.45, 7) is 9.98. The minimum absolute atomic E-state index is 0.0236. The molecule has 0 bridgehead atoms. The molecule has 1 aliphatic carbocycles. The SMILES string of the molecule is C=C/C=C(\C=C/CC(O)c1c(C2CCOCC2)nc2c(c1C)C(O)CC(C)(C)C2)S(F)(F)(F)(F)F. The van der Waals surface area contributed by atoms with Crippen LogP contribution in [0.15, 0.2) is 35.8 Å². The summed E-state index contributed by atoms with van der Waals surface area (Å²) in [5.74, 6) is -0.0236. The highest BCUT2D eigenvalue weighted by atomic mass is 32.5. The molecule has 0 aromatic carbocycles. The van der Waals surface area contributed by atoms with E-state index in [0.29, 0.717) is 73.4 Å². The van der Waals surface area contributed by atoms with E-state index in [-0.39, 0.29) is 23.8 Å². The number of halogens is 5. The third-order valence-electron chi connectivity index (χ3n) is 6.69. The number of aliphatic hydroxyl groups excluding tert-OH is 2. The highest BCUT2D eigenvalue weighted by Crippen LogP contribution is 3.02. The molecule has 2 N–H and O–H groups in total. The maximum absolute atomic E-state index is 13.3. The van der Waals surface area contributed by atoms with Crippen LogP contribution >= 0.6 is 10.2 Å². The van der Waals surface area contributed by atoms with Crippen molar-refractivity contribution >= 4 is 10.2 Å². The van der Waals surface area contributed by atoms with Gasteiger partial charge in [0.05, 0.1) is 17.9 Å². The molecule has 35 heavy (non-hydrogen) atoms. The highest BCUT2D eigenvalue weighted by molar-refractivity contribution is 8.48. The van der Waals surface area contributed by atoms with Gasteiger partial charge in [0.25, 0.3) is 0 Å². The van der Waals surface area contributed by atoms with Crippen LogP contribution in [0.3, 0.4) is 0 Å². The van der Waals surface area contributed by atoms with Gasteiger partial charge in [-0.1, -0.05) is 52.0 Å². The Balaban J connectivity index is 2.03. The van der Waals surface area contributed by atoms with Crippen molar-refractivity contribution in [2.75, 3.05) is 13.2 Å². The Kier molecular flexibility index (Phi) is 7.13. The Hall–Kier alpha value is -1.75. The first-order valence-electron chi connectivity index (χ1n) is 11.6. The number of nitrogens with zero attached hydrogens (tertiary/aromatic N) is 1. The first kappa shape index (κ1) is 27.8. The van der Waals surface area contributed by atoms with Crippen LogP contribution in [0.4, 0.5) is 19.4 Å². The van der Waals surface area contributed by atoms with Crippen molar-refractivity contribution in [1.29, 1.82) is 0 Å². The lowest BCUT2D eigenvalue weighted by Crippen LogP contribution is -2.30. The molecule has 0 amide bonds. The van der Waals surface area contributed by atoms with Crippen molar-refractivity contribution in [1.82, 2.24) is 4.98 Å². The van der Waals surface area contributed by atoms with E-state index in [1.807, 2.05) is 13.8 Å². The fourth-order valence-electron chi connectivity index (χ4n) is 5.11. The number of aliphatic hydroxyl groups is 2. The van der Waals surface area contributed by atoms with Crippen LogP contribution in [0.1, 0.15) is 85.7 Å². The zero-order chi connectivity index (χ0) is 26.3. The molecule has 3 rings (SSSR count). The largest absolute Gasteiger partial charge is 0.388 e. The van der Waals surface area contributed by atoms with Gasteiger partial charge in [-0.25, -0.2) is 0 Å². The number of hydrogen-bond donors (Lipinski definition) is 2. The summed E-state index contributed by atoms with van der Waals surface area (Å²) >= 11 is 0. The van der Waals surface area contributed by atoms with Gasteiger partial charge in [-0.3, -0.25) is 4.98 Å². The van der Waals surface area contributed by atoms with E-state index in [1.54, 1.807) is 6.92 Å². The molecule has 4 nitrogen and oxygen atoms in total. The number of hydrogen-bond acceptors (Lipinski definition) is 4. The van der Waals surface area contributed by atoms with Gasteiger partial charge >= 0.3 is 10.2 Å².